The number of hydrogen-bond donors (Lipinski definition) is 0. The molecule has 0 aromatic heterocycles. The van der Waals surface area contributed by atoms with Gasteiger partial charge in [-0.25, -0.2) is 0 Å². The van der Waals surface area contributed by atoms with E-state index in [0.717, 1.165) is 11.5 Å². The second-order valence-electron chi connectivity index (χ2n) is 4.02. The molecule has 0 N–H and O–H groups in total. The Balaban J connectivity index is 1.75. The van der Waals surface area contributed by atoms with Crippen LogP contribution in [0.2, 0.25) is 0 Å². The Morgan fingerprint density at radius 3 is 1.50 bits per heavy atom. The zero-order valence-electron chi connectivity index (χ0n) is 11.1. The van der Waals surface area contributed by atoms with Crippen LogP contribution in [-0.4, -0.2) is 14.2 Å². The summed E-state index contributed by atoms with van der Waals surface area (Å²) in [6.07, 6.45) is -0.437. The van der Waals surface area contributed by atoms with Crippen molar-refractivity contribution in [3.8, 4) is 11.5 Å². The van der Waals surface area contributed by atoms with Crippen LogP contribution in [0.15, 0.2) is 48.5 Å². The molecular weight excluding hydrogens is 326 g/mol. The SMILES string of the molecule is COc1ccccc1P1SP(c2ccccc2OC)S1. The van der Waals surface area contributed by atoms with Crippen molar-refractivity contribution in [1.29, 1.82) is 0 Å². The molecule has 20 heavy (non-hydrogen) atoms. The average molecular weight is 340 g/mol. The predicted octanol–water partition coefficient (Wildman–Crippen LogP) is 4.76. The first-order valence-corrected chi connectivity index (χ1v) is 12.8. The van der Waals surface area contributed by atoms with Gasteiger partial charge in [-0.2, -0.15) is 0 Å². The van der Waals surface area contributed by atoms with Crippen LogP contribution in [0.25, 0.3) is 0 Å². The lowest BCUT2D eigenvalue weighted by Crippen LogP contribution is -2.08. The summed E-state index contributed by atoms with van der Waals surface area (Å²) in [5, 5.41) is 2.68. The number of hydrogen-bond acceptors (Lipinski definition) is 4. The fourth-order valence-electron chi connectivity index (χ4n) is 1.88. The van der Waals surface area contributed by atoms with Crippen molar-refractivity contribution in [2.75, 3.05) is 14.2 Å². The third-order valence-corrected chi connectivity index (χ3v) is 21.7. The molecule has 1 aliphatic rings. The predicted molar refractivity (Wildman–Crippen MR) is 94.3 cm³/mol. The summed E-state index contributed by atoms with van der Waals surface area (Å²) in [7, 11) is 3.48. The van der Waals surface area contributed by atoms with Crippen LogP contribution in [-0.2, 0) is 0 Å². The molecule has 3 rings (SSSR count). The minimum atomic E-state index is -0.218. The van der Waals surface area contributed by atoms with Crippen LogP contribution in [0.5, 0.6) is 11.5 Å². The van der Waals surface area contributed by atoms with E-state index < -0.39 is 0 Å². The Bertz CT molecular complexity index is 552. The van der Waals surface area contributed by atoms with E-state index in [2.05, 4.69) is 46.3 Å². The van der Waals surface area contributed by atoms with Gasteiger partial charge in [-0.15, -0.1) is 0 Å². The van der Waals surface area contributed by atoms with E-state index in [-0.39, 0.29) is 12.7 Å². The summed E-state index contributed by atoms with van der Waals surface area (Å²) in [4.78, 5) is 0. The number of methoxy groups -OCH3 is 2. The van der Waals surface area contributed by atoms with Gasteiger partial charge in [0, 0.05) is 10.6 Å². The molecule has 0 atom stereocenters. The lowest BCUT2D eigenvalue weighted by Gasteiger charge is -2.34. The molecule has 1 saturated heterocycles. The van der Waals surface area contributed by atoms with Gasteiger partial charge in [0.15, 0.2) is 0 Å². The highest BCUT2D eigenvalue weighted by Gasteiger charge is 2.36. The van der Waals surface area contributed by atoms with E-state index in [9.17, 15) is 0 Å². The van der Waals surface area contributed by atoms with Gasteiger partial charge in [0.25, 0.3) is 0 Å². The molecule has 0 saturated carbocycles. The molecule has 1 aliphatic heterocycles. The van der Waals surface area contributed by atoms with Crippen LogP contribution in [0, 0.1) is 0 Å². The third kappa shape index (κ3) is 2.80. The van der Waals surface area contributed by atoms with E-state index in [1.165, 1.54) is 10.6 Å². The first kappa shape index (κ1) is 14.5. The number of rotatable bonds is 4. The van der Waals surface area contributed by atoms with E-state index in [1.54, 1.807) is 14.2 Å². The normalized spacial score (nSPS) is 21.1. The maximum Gasteiger partial charge on any atom is 0.128 e. The van der Waals surface area contributed by atoms with Gasteiger partial charge in [-0.1, -0.05) is 46.3 Å². The third-order valence-electron chi connectivity index (χ3n) is 2.86. The van der Waals surface area contributed by atoms with Gasteiger partial charge in [-0.05, 0) is 24.3 Å². The molecule has 0 spiro atoms. The Hall–Kier alpha value is -0.400. The monoisotopic (exact) mass is 340 g/mol. The Morgan fingerprint density at radius 1 is 0.700 bits per heavy atom. The van der Waals surface area contributed by atoms with Crippen LogP contribution in [0.4, 0.5) is 0 Å². The Morgan fingerprint density at radius 2 is 1.10 bits per heavy atom. The minimum Gasteiger partial charge on any atom is -0.496 e. The fraction of sp³-hybridized carbons (Fsp3) is 0.143. The molecule has 0 aliphatic carbocycles. The first-order valence-electron chi connectivity index (χ1n) is 6.06. The highest BCUT2D eigenvalue weighted by molar-refractivity contribution is 9.37. The Kier molecular flexibility index (Phi) is 4.78. The molecule has 2 nitrogen and oxygen atoms in total. The standard InChI is InChI=1S/C14H14O2P2S2/c1-15-11-7-3-5-9-13(11)17-19-18(20-17)14-10-6-4-8-12(14)16-2/h3-10H,1-2H3. The van der Waals surface area contributed by atoms with E-state index in [0.29, 0.717) is 0 Å². The molecule has 0 bridgehead atoms. The zero-order chi connectivity index (χ0) is 13.9. The van der Waals surface area contributed by atoms with Crippen LogP contribution >= 0.6 is 34.7 Å². The molecule has 1 fully saturated rings. The van der Waals surface area contributed by atoms with Gasteiger partial charge in [0.2, 0.25) is 0 Å². The smallest absolute Gasteiger partial charge is 0.128 e. The van der Waals surface area contributed by atoms with E-state index in [4.69, 9.17) is 9.47 Å². The van der Waals surface area contributed by atoms with Crippen LogP contribution in [0.3, 0.4) is 0 Å². The second-order valence-corrected chi connectivity index (χ2v) is 16.0. The second kappa shape index (κ2) is 6.58. The minimum absolute atomic E-state index is 0.218. The van der Waals surface area contributed by atoms with Gasteiger partial charge < -0.3 is 9.47 Å². The number of para-hydroxylation sites is 2. The van der Waals surface area contributed by atoms with Crippen molar-refractivity contribution in [3.05, 3.63) is 48.5 Å². The van der Waals surface area contributed by atoms with Crippen LogP contribution in [0.1, 0.15) is 0 Å². The molecule has 0 amide bonds. The molecular formula is C14H14O2P2S2. The molecule has 0 unspecified atom stereocenters. The topological polar surface area (TPSA) is 18.5 Å². The van der Waals surface area contributed by atoms with Gasteiger partial charge >= 0.3 is 0 Å². The summed E-state index contributed by atoms with van der Waals surface area (Å²) in [6.45, 7) is 0. The van der Waals surface area contributed by atoms with Crippen molar-refractivity contribution in [3.63, 3.8) is 0 Å². The van der Waals surface area contributed by atoms with Gasteiger partial charge in [-0.3, -0.25) is 0 Å². The molecule has 6 heteroatoms. The summed E-state index contributed by atoms with van der Waals surface area (Å²) >= 11 is 4.14. The number of benzene rings is 2. The van der Waals surface area contributed by atoms with Crippen molar-refractivity contribution in [1.82, 2.24) is 0 Å². The van der Waals surface area contributed by atoms with E-state index in [1.807, 2.05) is 24.3 Å². The van der Waals surface area contributed by atoms with Crippen molar-refractivity contribution >= 4 is 45.3 Å². The average Bonchev–Trinajstić information content (AvgIpc) is 2.47. The molecule has 2 aromatic carbocycles. The molecule has 1 heterocycles. The summed E-state index contributed by atoms with van der Waals surface area (Å²) < 4.78 is 10.9. The lowest BCUT2D eigenvalue weighted by atomic mass is 10.3. The summed E-state index contributed by atoms with van der Waals surface area (Å²) in [6, 6.07) is 16.7. The van der Waals surface area contributed by atoms with Crippen molar-refractivity contribution in [2.24, 2.45) is 0 Å². The quantitative estimate of drug-likeness (QED) is 0.747. The van der Waals surface area contributed by atoms with Crippen molar-refractivity contribution in [2.45, 2.75) is 0 Å². The summed E-state index contributed by atoms with van der Waals surface area (Å²) in [5.41, 5.74) is 0. The van der Waals surface area contributed by atoms with E-state index >= 15 is 0 Å². The van der Waals surface area contributed by atoms with Crippen LogP contribution < -0.4 is 20.1 Å². The highest BCUT2D eigenvalue weighted by atomic mass is 33.6. The highest BCUT2D eigenvalue weighted by Crippen LogP contribution is 2.95. The summed E-state index contributed by atoms with van der Waals surface area (Å²) in [5.74, 6) is 2.02. The maximum atomic E-state index is 5.46. The zero-order valence-corrected chi connectivity index (χ0v) is 14.6. The Labute approximate surface area is 129 Å². The fourth-order valence-corrected chi connectivity index (χ4v) is 18.4. The lowest BCUT2D eigenvalue weighted by molar-refractivity contribution is 0.418. The molecule has 0 radical (unpaired) electrons. The van der Waals surface area contributed by atoms with Gasteiger partial charge in [0.1, 0.15) is 11.5 Å². The number of ether oxygens (including phenoxy) is 2. The van der Waals surface area contributed by atoms with Crippen molar-refractivity contribution < 1.29 is 9.47 Å². The first-order chi connectivity index (χ1) is 9.83. The molecule has 2 aromatic rings. The molecule has 104 valence electrons. The largest absolute Gasteiger partial charge is 0.496 e. The van der Waals surface area contributed by atoms with Gasteiger partial charge in [0.05, 0.1) is 26.9 Å². The maximum absolute atomic E-state index is 5.46.